The second kappa shape index (κ2) is 5.44. The summed E-state index contributed by atoms with van der Waals surface area (Å²) in [4.78, 5) is 10.4. The summed E-state index contributed by atoms with van der Waals surface area (Å²) in [7, 11) is 0. The lowest BCUT2D eigenvalue weighted by Gasteiger charge is -2.02. The Kier molecular flexibility index (Phi) is 3.71. The first-order valence-electron chi connectivity index (χ1n) is 4.89. The van der Waals surface area contributed by atoms with Crippen molar-refractivity contribution in [2.75, 3.05) is 5.75 Å². The van der Waals surface area contributed by atoms with Crippen LogP contribution in [-0.2, 0) is 10.5 Å². The number of carbonyl (C=O) groups is 1. The van der Waals surface area contributed by atoms with Gasteiger partial charge in [-0.05, 0) is 22.6 Å². The SMILES string of the molecule is O=C(O)CSCc1nnnn1-c1ccccc1. The topological polar surface area (TPSA) is 80.9 Å². The molecule has 0 saturated heterocycles. The smallest absolute Gasteiger partial charge is 0.313 e. The van der Waals surface area contributed by atoms with Crippen molar-refractivity contribution >= 4 is 17.7 Å². The van der Waals surface area contributed by atoms with Gasteiger partial charge in [-0.2, -0.15) is 4.68 Å². The zero-order valence-electron chi connectivity index (χ0n) is 8.85. The normalized spacial score (nSPS) is 10.4. The molecule has 0 saturated carbocycles. The Labute approximate surface area is 102 Å². The van der Waals surface area contributed by atoms with E-state index in [0.29, 0.717) is 11.6 Å². The zero-order chi connectivity index (χ0) is 12.1. The van der Waals surface area contributed by atoms with Gasteiger partial charge in [-0.1, -0.05) is 18.2 Å². The molecule has 0 spiro atoms. The second-order valence-corrected chi connectivity index (χ2v) is 4.21. The number of hydrogen-bond acceptors (Lipinski definition) is 5. The monoisotopic (exact) mass is 250 g/mol. The van der Waals surface area contributed by atoms with E-state index in [2.05, 4.69) is 15.5 Å². The number of carboxylic acid groups (broad SMARTS) is 1. The van der Waals surface area contributed by atoms with Crippen molar-refractivity contribution in [3.63, 3.8) is 0 Å². The number of tetrazole rings is 1. The number of nitrogens with zero attached hydrogens (tertiary/aromatic N) is 4. The van der Waals surface area contributed by atoms with Gasteiger partial charge in [0.1, 0.15) is 0 Å². The summed E-state index contributed by atoms with van der Waals surface area (Å²) in [5.74, 6) is 0.312. The Bertz CT molecular complexity index is 500. The number of rotatable bonds is 5. The molecule has 0 bridgehead atoms. The van der Waals surface area contributed by atoms with Gasteiger partial charge in [-0.25, -0.2) is 0 Å². The molecule has 0 atom stereocenters. The molecule has 7 heteroatoms. The van der Waals surface area contributed by atoms with Gasteiger partial charge < -0.3 is 5.11 Å². The highest BCUT2D eigenvalue weighted by Gasteiger charge is 2.08. The van der Waals surface area contributed by atoms with Crippen LogP contribution in [0.25, 0.3) is 5.69 Å². The minimum atomic E-state index is -0.839. The number of carboxylic acids is 1. The lowest BCUT2D eigenvalue weighted by atomic mass is 10.3. The Morgan fingerprint density at radius 3 is 2.82 bits per heavy atom. The van der Waals surface area contributed by atoms with Crippen molar-refractivity contribution in [1.82, 2.24) is 20.2 Å². The van der Waals surface area contributed by atoms with E-state index in [0.717, 1.165) is 5.69 Å². The second-order valence-electron chi connectivity index (χ2n) is 3.23. The van der Waals surface area contributed by atoms with Gasteiger partial charge in [0.15, 0.2) is 5.82 Å². The molecule has 17 heavy (non-hydrogen) atoms. The van der Waals surface area contributed by atoms with E-state index in [1.165, 1.54) is 11.8 Å². The first-order chi connectivity index (χ1) is 8.27. The van der Waals surface area contributed by atoms with Crippen molar-refractivity contribution in [2.45, 2.75) is 5.75 Å². The maximum Gasteiger partial charge on any atom is 0.313 e. The summed E-state index contributed by atoms with van der Waals surface area (Å²) >= 11 is 1.27. The summed E-state index contributed by atoms with van der Waals surface area (Å²) in [6.07, 6.45) is 0. The van der Waals surface area contributed by atoms with Crippen LogP contribution in [0.2, 0.25) is 0 Å². The Morgan fingerprint density at radius 1 is 1.35 bits per heavy atom. The van der Waals surface area contributed by atoms with Crippen LogP contribution in [0.3, 0.4) is 0 Å². The molecule has 0 aliphatic heterocycles. The Balaban J connectivity index is 2.10. The third kappa shape index (κ3) is 3.04. The molecule has 0 amide bonds. The fraction of sp³-hybridized carbons (Fsp3) is 0.200. The third-order valence-electron chi connectivity index (χ3n) is 1.99. The minimum absolute atomic E-state index is 0.0433. The van der Waals surface area contributed by atoms with Crippen molar-refractivity contribution in [3.8, 4) is 5.69 Å². The number of para-hydroxylation sites is 1. The number of thioether (sulfide) groups is 1. The van der Waals surface area contributed by atoms with Crippen molar-refractivity contribution < 1.29 is 9.90 Å². The van der Waals surface area contributed by atoms with Gasteiger partial charge in [0.05, 0.1) is 17.2 Å². The average molecular weight is 250 g/mol. The van der Waals surface area contributed by atoms with Crippen LogP contribution in [0.5, 0.6) is 0 Å². The van der Waals surface area contributed by atoms with Crippen molar-refractivity contribution in [1.29, 1.82) is 0 Å². The van der Waals surface area contributed by atoms with Crippen LogP contribution in [0.1, 0.15) is 5.82 Å². The predicted octanol–water partition coefficient (Wildman–Crippen LogP) is 0.980. The maximum absolute atomic E-state index is 10.4. The molecule has 0 aliphatic carbocycles. The van der Waals surface area contributed by atoms with Gasteiger partial charge in [-0.15, -0.1) is 16.9 Å². The summed E-state index contributed by atoms with van der Waals surface area (Å²) in [6.45, 7) is 0. The number of aliphatic carboxylic acids is 1. The number of benzene rings is 1. The molecule has 2 aromatic rings. The fourth-order valence-corrected chi connectivity index (χ4v) is 1.93. The highest BCUT2D eigenvalue weighted by Crippen LogP contribution is 2.12. The first kappa shape index (κ1) is 11.6. The Hall–Kier alpha value is -1.89. The molecule has 0 unspecified atom stereocenters. The van der Waals surface area contributed by atoms with Crippen LogP contribution in [-0.4, -0.2) is 37.0 Å². The van der Waals surface area contributed by atoms with Gasteiger partial charge in [-0.3, -0.25) is 4.79 Å². The van der Waals surface area contributed by atoms with Gasteiger partial charge in [0.2, 0.25) is 0 Å². The van der Waals surface area contributed by atoms with Gasteiger partial charge in [0.25, 0.3) is 0 Å². The van der Waals surface area contributed by atoms with E-state index in [1.807, 2.05) is 30.3 Å². The first-order valence-corrected chi connectivity index (χ1v) is 6.05. The maximum atomic E-state index is 10.4. The van der Waals surface area contributed by atoms with E-state index in [1.54, 1.807) is 4.68 Å². The van der Waals surface area contributed by atoms with Crippen LogP contribution >= 0.6 is 11.8 Å². The largest absolute Gasteiger partial charge is 0.481 e. The van der Waals surface area contributed by atoms with E-state index in [9.17, 15) is 4.79 Å². The zero-order valence-corrected chi connectivity index (χ0v) is 9.67. The molecule has 88 valence electrons. The molecule has 1 heterocycles. The van der Waals surface area contributed by atoms with Gasteiger partial charge in [0, 0.05) is 0 Å². The summed E-state index contributed by atoms with van der Waals surface area (Å²) < 4.78 is 1.61. The van der Waals surface area contributed by atoms with E-state index < -0.39 is 5.97 Å². The summed E-state index contributed by atoms with van der Waals surface area (Å²) in [6, 6.07) is 9.48. The standard InChI is InChI=1S/C10H10N4O2S/c15-10(16)7-17-6-9-11-12-13-14(9)8-4-2-1-3-5-8/h1-5H,6-7H2,(H,15,16). The van der Waals surface area contributed by atoms with Crippen LogP contribution < -0.4 is 0 Å². The number of hydrogen-bond donors (Lipinski definition) is 1. The molecular formula is C10H10N4O2S. The average Bonchev–Trinajstić information content (AvgIpc) is 2.78. The molecular weight excluding hydrogens is 240 g/mol. The van der Waals surface area contributed by atoms with Crippen LogP contribution in [0, 0.1) is 0 Å². The highest BCUT2D eigenvalue weighted by atomic mass is 32.2. The number of aromatic nitrogens is 4. The quantitative estimate of drug-likeness (QED) is 0.852. The molecule has 0 fully saturated rings. The lowest BCUT2D eigenvalue weighted by molar-refractivity contribution is -0.133. The Morgan fingerprint density at radius 2 is 2.12 bits per heavy atom. The summed E-state index contributed by atoms with van der Waals surface area (Å²) in [5, 5.41) is 19.9. The van der Waals surface area contributed by atoms with Crippen molar-refractivity contribution in [2.24, 2.45) is 0 Å². The minimum Gasteiger partial charge on any atom is -0.481 e. The van der Waals surface area contributed by atoms with Crippen LogP contribution in [0.15, 0.2) is 30.3 Å². The highest BCUT2D eigenvalue weighted by molar-refractivity contribution is 7.99. The van der Waals surface area contributed by atoms with E-state index >= 15 is 0 Å². The van der Waals surface area contributed by atoms with E-state index in [-0.39, 0.29) is 5.75 Å². The third-order valence-corrected chi connectivity index (χ3v) is 2.90. The summed E-state index contributed by atoms with van der Waals surface area (Å²) in [5.41, 5.74) is 0.864. The molecule has 6 nitrogen and oxygen atoms in total. The molecule has 1 aromatic heterocycles. The van der Waals surface area contributed by atoms with Gasteiger partial charge >= 0.3 is 5.97 Å². The van der Waals surface area contributed by atoms with Crippen molar-refractivity contribution in [3.05, 3.63) is 36.2 Å². The predicted molar refractivity (Wildman–Crippen MR) is 63.0 cm³/mol. The fourth-order valence-electron chi connectivity index (χ4n) is 1.30. The molecule has 2 rings (SSSR count). The van der Waals surface area contributed by atoms with E-state index in [4.69, 9.17) is 5.11 Å². The lowest BCUT2D eigenvalue weighted by Crippen LogP contribution is -2.04. The molecule has 0 radical (unpaired) electrons. The molecule has 0 aliphatic rings. The van der Waals surface area contributed by atoms with Crippen LogP contribution in [0.4, 0.5) is 0 Å². The molecule has 1 aromatic carbocycles. The molecule has 1 N–H and O–H groups in total.